The monoisotopic (exact) mass is 277 g/mol. The van der Waals surface area contributed by atoms with Crippen molar-refractivity contribution in [3.8, 4) is 22.8 Å². The molecule has 0 saturated heterocycles. The van der Waals surface area contributed by atoms with Crippen molar-refractivity contribution in [2.75, 3.05) is 0 Å². The van der Waals surface area contributed by atoms with Gasteiger partial charge in [-0.25, -0.2) is 4.79 Å². The molecule has 102 valence electrons. The number of hydrogen-bond acceptors (Lipinski definition) is 5. The molecular formula is C16H11N3O2. The molecule has 0 unspecified atom stereocenters. The van der Waals surface area contributed by atoms with E-state index in [1.807, 2.05) is 31.2 Å². The van der Waals surface area contributed by atoms with Gasteiger partial charge in [-0.3, -0.25) is 0 Å². The van der Waals surface area contributed by atoms with Crippen molar-refractivity contribution in [2.45, 2.75) is 6.92 Å². The zero-order valence-electron chi connectivity index (χ0n) is 11.3. The maximum absolute atomic E-state index is 10.2. The Morgan fingerprint density at radius 2 is 1.90 bits per heavy atom. The van der Waals surface area contributed by atoms with Crippen LogP contribution in [-0.4, -0.2) is 16.2 Å². The van der Waals surface area contributed by atoms with Crippen LogP contribution in [0.5, 0.6) is 0 Å². The number of rotatable bonds is 3. The number of aliphatic imine (C=N–C) groups is 1. The van der Waals surface area contributed by atoms with Gasteiger partial charge in [-0.1, -0.05) is 28.9 Å². The lowest BCUT2D eigenvalue weighted by molar-refractivity contribution is 0.432. The molecule has 2 aromatic carbocycles. The second-order valence-electron chi connectivity index (χ2n) is 4.54. The van der Waals surface area contributed by atoms with Gasteiger partial charge in [0.1, 0.15) is 0 Å². The number of hydrogen-bond donors (Lipinski definition) is 0. The molecule has 1 aromatic heterocycles. The third-order valence-corrected chi connectivity index (χ3v) is 2.99. The van der Waals surface area contributed by atoms with Crippen LogP contribution in [0.1, 0.15) is 5.56 Å². The summed E-state index contributed by atoms with van der Waals surface area (Å²) in [5.74, 6) is 0.969. The Morgan fingerprint density at radius 3 is 2.62 bits per heavy atom. The van der Waals surface area contributed by atoms with Crippen molar-refractivity contribution >= 4 is 11.8 Å². The molecule has 0 aliphatic carbocycles. The predicted molar refractivity (Wildman–Crippen MR) is 77.7 cm³/mol. The summed E-state index contributed by atoms with van der Waals surface area (Å²) in [6.07, 6.45) is 1.50. The summed E-state index contributed by atoms with van der Waals surface area (Å²) in [4.78, 5) is 18.1. The molecule has 3 rings (SSSR count). The van der Waals surface area contributed by atoms with Crippen LogP contribution in [0.4, 0.5) is 5.69 Å². The fraction of sp³-hybridized carbons (Fsp3) is 0.0625. The van der Waals surface area contributed by atoms with Gasteiger partial charge in [0.2, 0.25) is 11.9 Å². The zero-order chi connectivity index (χ0) is 14.7. The molecule has 0 saturated carbocycles. The third kappa shape index (κ3) is 2.78. The first-order valence-corrected chi connectivity index (χ1v) is 6.35. The third-order valence-electron chi connectivity index (χ3n) is 2.99. The minimum atomic E-state index is 0.424. The molecule has 0 atom stereocenters. The zero-order valence-corrected chi connectivity index (χ0v) is 11.3. The Balaban J connectivity index is 1.92. The Hall–Kier alpha value is -3.04. The van der Waals surface area contributed by atoms with Gasteiger partial charge >= 0.3 is 0 Å². The average Bonchev–Trinajstić information content (AvgIpc) is 2.98. The summed E-state index contributed by atoms with van der Waals surface area (Å²) in [5, 5.41) is 3.99. The largest absolute Gasteiger partial charge is 0.334 e. The second kappa shape index (κ2) is 5.53. The molecule has 0 fully saturated rings. The molecule has 0 spiro atoms. The van der Waals surface area contributed by atoms with E-state index in [0.29, 0.717) is 17.4 Å². The topological polar surface area (TPSA) is 68.3 Å². The highest BCUT2D eigenvalue weighted by Gasteiger charge is 2.10. The SMILES string of the molecule is Cc1cccc(-c2noc(-c3ccc(N=C=O)cc3)n2)c1. The van der Waals surface area contributed by atoms with Crippen molar-refractivity contribution in [1.29, 1.82) is 0 Å². The van der Waals surface area contributed by atoms with Gasteiger partial charge in [0.25, 0.3) is 5.89 Å². The van der Waals surface area contributed by atoms with Crippen molar-refractivity contribution in [1.82, 2.24) is 10.1 Å². The number of isocyanates is 1. The Labute approximate surface area is 121 Å². The molecule has 0 aliphatic heterocycles. The van der Waals surface area contributed by atoms with Gasteiger partial charge in [-0.2, -0.15) is 9.98 Å². The fourth-order valence-corrected chi connectivity index (χ4v) is 1.97. The van der Waals surface area contributed by atoms with E-state index in [-0.39, 0.29) is 0 Å². The van der Waals surface area contributed by atoms with E-state index in [0.717, 1.165) is 16.7 Å². The molecule has 5 nitrogen and oxygen atoms in total. The van der Waals surface area contributed by atoms with Gasteiger partial charge in [0.05, 0.1) is 5.69 Å². The number of aryl methyl sites for hydroxylation is 1. The fourth-order valence-electron chi connectivity index (χ4n) is 1.97. The van der Waals surface area contributed by atoms with Gasteiger partial charge in [-0.15, -0.1) is 0 Å². The van der Waals surface area contributed by atoms with Crippen LogP contribution in [0, 0.1) is 6.92 Å². The van der Waals surface area contributed by atoms with Gasteiger partial charge in [-0.05, 0) is 37.3 Å². The lowest BCUT2D eigenvalue weighted by atomic mass is 10.1. The van der Waals surface area contributed by atoms with Crippen molar-refractivity contribution in [3.63, 3.8) is 0 Å². The van der Waals surface area contributed by atoms with Crippen molar-refractivity contribution in [2.24, 2.45) is 4.99 Å². The smallest absolute Gasteiger partial charge is 0.258 e. The van der Waals surface area contributed by atoms with Crippen LogP contribution < -0.4 is 0 Å². The molecule has 0 bridgehead atoms. The van der Waals surface area contributed by atoms with Crippen LogP contribution >= 0.6 is 0 Å². The summed E-state index contributed by atoms with van der Waals surface area (Å²) in [7, 11) is 0. The number of aromatic nitrogens is 2. The Morgan fingerprint density at radius 1 is 1.10 bits per heavy atom. The summed E-state index contributed by atoms with van der Waals surface area (Å²) < 4.78 is 5.28. The van der Waals surface area contributed by atoms with Gasteiger partial charge in [0, 0.05) is 11.1 Å². The first kappa shape index (κ1) is 13.0. The highest BCUT2D eigenvalue weighted by atomic mass is 16.5. The van der Waals surface area contributed by atoms with E-state index in [4.69, 9.17) is 4.52 Å². The second-order valence-corrected chi connectivity index (χ2v) is 4.54. The highest BCUT2D eigenvalue weighted by molar-refractivity contribution is 5.62. The molecule has 1 heterocycles. The quantitative estimate of drug-likeness (QED) is 0.541. The minimum Gasteiger partial charge on any atom is -0.334 e. The molecular weight excluding hydrogens is 266 g/mol. The first-order chi connectivity index (χ1) is 10.3. The Kier molecular flexibility index (Phi) is 3.41. The van der Waals surface area contributed by atoms with E-state index in [9.17, 15) is 4.79 Å². The van der Waals surface area contributed by atoms with E-state index >= 15 is 0 Å². The van der Waals surface area contributed by atoms with E-state index in [1.54, 1.807) is 24.3 Å². The van der Waals surface area contributed by atoms with Crippen LogP contribution in [-0.2, 0) is 4.79 Å². The number of benzene rings is 2. The maximum Gasteiger partial charge on any atom is 0.258 e. The molecule has 3 aromatic rings. The van der Waals surface area contributed by atoms with Crippen LogP contribution in [0.25, 0.3) is 22.8 Å². The molecule has 0 aliphatic rings. The molecule has 0 amide bonds. The summed E-state index contributed by atoms with van der Waals surface area (Å²) >= 11 is 0. The normalized spacial score (nSPS) is 10.1. The summed E-state index contributed by atoms with van der Waals surface area (Å²) in [6.45, 7) is 2.01. The summed E-state index contributed by atoms with van der Waals surface area (Å²) in [6, 6.07) is 14.8. The van der Waals surface area contributed by atoms with Crippen LogP contribution in [0.15, 0.2) is 58.0 Å². The van der Waals surface area contributed by atoms with Gasteiger partial charge < -0.3 is 4.52 Å². The number of carbonyl (C=O) groups excluding carboxylic acids is 1. The van der Waals surface area contributed by atoms with Crippen molar-refractivity contribution < 1.29 is 9.32 Å². The molecule has 0 radical (unpaired) electrons. The highest BCUT2D eigenvalue weighted by Crippen LogP contribution is 2.24. The number of nitrogens with zero attached hydrogens (tertiary/aromatic N) is 3. The van der Waals surface area contributed by atoms with Crippen molar-refractivity contribution in [3.05, 3.63) is 54.1 Å². The Bertz CT molecular complexity index is 816. The lowest BCUT2D eigenvalue weighted by Crippen LogP contribution is -1.82. The maximum atomic E-state index is 10.2. The molecule has 5 heteroatoms. The summed E-state index contributed by atoms with van der Waals surface area (Å²) in [5.41, 5.74) is 3.35. The van der Waals surface area contributed by atoms with E-state index < -0.39 is 0 Å². The van der Waals surface area contributed by atoms with E-state index in [1.165, 1.54) is 6.08 Å². The molecule has 0 N–H and O–H groups in total. The molecule has 21 heavy (non-hydrogen) atoms. The average molecular weight is 277 g/mol. The lowest BCUT2D eigenvalue weighted by Gasteiger charge is -1.95. The first-order valence-electron chi connectivity index (χ1n) is 6.35. The van der Waals surface area contributed by atoms with Crippen LogP contribution in [0.3, 0.4) is 0 Å². The minimum absolute atomic E-state index is 0.424. The predicted octanol–water partition coefficient (Wildman–Crippen LogP) is 3.68. The standard InChI is InChI=1S/C16H11N3O2/c1-11-3-2-4-13(9-11)15-18-16(21-19-15)12-5-7-14(8-6-12)17-10-20/h2-9H,1H3. The van der Waals surface area contributed by atoms with Gasteiger partial charge in [0.15, 0.2) is 0 Å². The van der Waals surface area contributed by atoms with E-state index in [2.05, 4.69) is 15.1 Å². The van der Waals surface area contributed by atoms with Crippen LogP contribution in [0.2, 0.25) is 0 Å².